The van der Waals surface area contributed by atoms with Crippen molar-refractivity contribution in [2.45, 2.75) is 23.6 Å². The van der Waals surface area contributed by atoms with Gasteiger partial charge < -0.3 is 14.5 Å². The zero-order valence-electron chi connectivity index (χ0n) is 24.6. The van der Waals surface area contributed by atoms with Crippen LogP contribution in [0.25, 0.3) is 0 Å². The van der Waals surface area contributed by atoms with Crippen LogP contribution in [0, 0.1) is 17.0 Å². The van der Waals surface area contributed by atoms with Gasteiger partial charge in [0.25, 0.3) is 5.69 Å². The Morgan fingerprint density at radius 2 is 1.40 bits per heavy atom. The van der Waals surface area contributed by atoms with Gasteiger partial charge in [-0.15, -0.1) is 0 Å². The average Bonchev–Trinajstić information content (AvgIpc) is 3.06. The highest BCUT2D eigenvalue weighted by molar-refractivity contribution is 7.99. The lowest BCUT2D eigenvalue weighted by Crippen LogP contribution is -2.36. The van der Waals surface area contributed by atoms with E-state index in [2.05, 4.69) is 10.1 Å². The van der Waals surface area contributed by atoms with E-state index in [0.717, 1.165) is 35.5 Å². The molecule has 1 aliphatic heterocycles. The van der Waals surface area contributed by atoms with Crippen LogP contribution in [0.3, 0.4) is 0 Å². The lowest BCUT2D eigenvalue weighted by Gasteiger charge is -2.28. The summed E-state index contributed by atoms with van der Waals surface area (Å²) in [5.74, 6) is -1.35. The van der Waals surface area contributed by atoms with E-state index in [9.17, 15) is 24.5 Å². The summed E-state index contributed by atoms with van der Waals surface area (Å²) in [4.78, 5) is 57.5. The molecule has 1 fully saturated rings. The number of ketones is 2. The SMILES string of the molecule is CC(=O)ON=C(C(=O)c1ccc(Sc2ccc(C(=O)c3ccc(N4CCOCC4)cc3)cc2)cc1)c1cc([N+](=O)[O-])ccc1C. The van der Waals surface area contributed by atoms with Gasteiger partial charge in [-0.05, 0) is 85.3 Å². The van der Waals surface area contributed by atoms with Gasteiger partial charge in [-0.1, -0.05) is 23.0 Å². The summed E-state index contributed by atoms with van der Waals surface area (Å²) in [5, 5.41) is 15.1. The van der Waals surface area contributed by atoms with E-state index in [1.807, 2.05) is 36.4 Å². The van der Waals surface area contributed by atoms with Crippen molar-refractivity contribution in [3.63, 3.8) is 0 Å². The van der Waals surface area contributed by atoms with Crippen LogP contribution in [-0.4, -0.2) is 54.5 Å². The Morgan fingerprint density at radius 1 is 0.844 bits per heavy atom. The molecule has 5 rings (SSSR count). The number of nitro groups is 1. The van der Waals surface area contributed by atoms with Crippen molar-refractivity contribution in [1.29, 1.82) is 0 Å². The van der Waals surface area contributed by atoms with Crippen LogP contribution >= 0.6 is 11.8 Å². The van der Waals surface area contributed by atoms with Crippen LogP contribution in [-0.2, 0) is 14.4 Å². The van der Waals surface area contributed by atoms with E-state index in [-0.39, 0.29) is 28.3 Å². The van der Waals surface area contributed by atoms with Gasteiger partial charge in [0.05, 0.1) is 18.1 Å². The molecule has 0 bridgehead atoms. The van der Waals surface area contributed by atoms with Crippen molar-refractivity contribution in [3.8, 4) is 0 Å². The lowest BCUT2D eigenvalue weighted by atomic mass is 9.97. The largest absolute Gasteiger partial charge is 0.378 e. The molecular weight excluding hydrogens is 594 g/mol. The van der Waals surface area contributed by atoms with Crippen molar-refractivity contribution in [2.24, 2.45) is 5.16 Å². The molecule has 0 amide bonds. The molecule has 228 valence electrons. The number of carbonyl (C=O) groups is 3. The van der Waals surface area contributed by atoms with Crippen LogP contribution in [0.15, 0.2) is 106 Å². The van der Waals surface area contributed by atoms with E-state index in [0.29, 0.717) is 29.9 Å². The number of ether oxygens (including phenoxy) is 1. The Balaban J connectivity index is 1.27. The third-order valence-electron chi connectivity index (χ3n) is 7.14. The number of hydrogen-bond donors (Lipinski definition) is 0. The van der Waals surface area contributed by atoms with Gasteiger partial charge >= 0.3 is 5.97 Å². The predicted molar refractivity (Wildman–Crippen MR) is 170 cm³/mol. The zero-order valence-corrected chi connectivity index (χ0v) is 25.4. The number of morpholine rings is 1. The summed E-state index contributed by atoms with van der Waals surface area (Å²) in [5.41, 5.74) is 2.83. The number of aryl methyl sites for hydroxylation is 1. The number of nitro benzene ring substituents is 1. The Morgan fingerprint density at radius 3 is 1.96 bits per heavy atom. The molecule has 4 aromatic carbocycles. The number of carbonyl (C=O) groups excluding carboxylic acids is 3. The molecule has 1 saturated heterocycles. The fourth-order valence-corrected chi connectivity index (χ4v) is 5.55. The minimum absolute atomic E-state index is 0.0619. The molecule has 11 heteroatoms. The van der Waals surface area contributed by atoms with E-state index in [4.69, 9.17) is 9.57 Å². The van der Waals surface area contributed by atoms with Gasteiger partial charge in [0.2, 0.25) is 5.78 Å². The average molecular weight is 624 g/mol. The molecule has 10 nitrogen and oxygen atoms in total. The monoisotopic (exact) mass is 623 g/mol. The Bertz CT molecular complexity index is 1760. The van der Waals surface area contributed by atoms with E-state index < -0.39 is 16.7 Å². The molecule has 1 aliphatic rings. The lowest BCUT2D eigenvalue weighted by molar-refractivity contribution is -0.384. The smallest absolute Gasteiger partial charge is 0.332 e. The summed E-state index contributed by atoms with van der Waals surface area (Å²) >= 11 is 1.46. The molecule has 0 N–H and O–H groups in total. The summed E-state index contributed by atoms with van der Waals surface area (Å²) in [7, 11) is 0. The van der Waals surface area contributed by atoms with Gasteiger partial charge in [-0.25, -0.2) is 4.79 Å². The standard InChI is InChI=1S/C34H29N3O7S/c1-22-3-10-28(37(41)42)21-31(22)32(35-44-23(2)38)34(40)26-8-15-30(16-9-26)45-29-13-6-25(7-14-29)33(39)24-4-11-27(12-5-24)36-17-19-43-20-18-36/h3-16,21H,17-20H2,1-2H3. The number of rotatable bonds is 10. The van der Waals surface area contributed by atoms with Crippen molar-refractivity contribution in [3.05, 3.63) is 129 Å². The van der Waals surface area contributed by atoms with E-state index >= 15 is 0 Å². The number of non-ortho nitro benzene ring substituents is 1. The van der Waals surface area contributed by atoms with Gasteiger partial charge in [-0.3, -0.25) is 19.7 Å². The van der Waals surface area contributed by atoms with Crippen molar-refractivity contribution < 1.29 is 28.9 Å². The number of anilines is 1. The van der Waals surface area contributed by atoms with Crippen LogP contribution in [0.5, 0.6) is 0 Å². The molecule has 0 spiro atoms. The second-order valence-corrected chi connectivity index (χ2v) is 11.4. The molecule has 45 heavy (non-hydrogen) atoms. The first-order valence-corrected chi connectivity index (χ1v) is 14.9. The molecule has 0 aliphatic carbocycles. The second kappa shape index (κ2) is 14.1. The fraction of sp³-hybridized carbons (Fsp3) is 0.176. The van der Waals surface area contributed by atoms with Crippen molar-refractivity contribution in [2.75, 3.05) is 31.2 Å². The number of hydrogen-bond acceptors (Lipinski definition) is 10. The van der Waals surface area contributed by atoms with Crippen LogP contribution in [0.1, 0.15) is 44.3 Å². The highest BCUT2D eigenvalue weighted by atomic mass is 32.2. The molecule has 4 aromatic rings. The van der Waals surface area contributed by atoms with Crippen LogP contribution in [0.4, 0.5) is 11.4 Å². The highest BCUT2D eigenvalue weighted by Crippen LogP contribution is 2.29. The molecule has 0 unspecified atom stereocenters. The van der Waals surface area contributed by atoms with Gasteiger partial charge in [0, 0.05) is 69.9 Å². The summed E-state index contributed by atoms with van der Waals surface area (Å²) in [6, 6.07) is 25.7. The van der Waals surface area contributed by atoms with E-state index in [1.165, 1.54) is 30.0 Å². The maximum atomic E-state index is 13.4. The summed E-state index contributed by atoms with van der Waals surface area (Å²) < 4.78 is 5.41. The first kappa shape index (κ1) is 31.3. The number of oxime groups is 1. The zero-order chi connectivity index (χ0) is 31.9. The maximum absolute atomic E-state index is 13.4. The normalized spacial score (nSPS) is 13.3. The molecule has 0 atom stereocenters. The minimum atomic E-state index is -0.732. The molecular formula is C34H29N3O7S. The van der Waals surface area contributed by atoms with Gasteiger partial charge in [0.15, 0.2) is 11.5 Å². The fourth-order valence-electron chi connectivity index (χ4n) is 4.73. The second-order valence-electron chi connectivity index (χ2n) is 10.2. The minimum Gasteiger partial charge on any atom is -0.378 e. The maximum Gasteiger partial charge on any atom is 0.332 e. The van der Waals surface area contributed by atoms with Crippen molar-refractivity contribution in [1.82, 2.24) is 0 Å². The predicted octanol–water partition coefficient (Wildman–Crippen LogP) is 6.27. The Kier molecular flexibility index (Phi) is 9.81. The topological polar surface area (TPSA) is 128 Å². The van der Waals surface area contributed by atoms with Crippen LogP contribution < -0.4 is 4.90 Å². The molecule has 0 radical (unpaired) electrons. The highest BCUT2D eigenvalue weighted by Gasteiger charge is 2.22. The molecule has 0 aromatic heterocycles. The molecule has 0 saturated carbocycles. The number of benzene rings is 4. The number of Topliss-reactive ketones (excluding diaryl/α,β-unsaturated/α-hetero) is 1. The third kappa shape index (κ3) is 7.69. The first-order chi connectivity index (χ1) is 21.7. The van der Waals surface area contributed by atoms with Gasteiger partial charge in [0.1, 0.15) is 0 Å². The first-order valence-electron chi connectivity index (χ1n) is 14.1. The summed E-state index contributed by atoms with van der Waals surface area (Å²) in [6.45, 7) is 5.88. The Labute approximate surface area is 263 Å². The van der Waals surface area contributed by atoms with Crippen molar-refractivity contribution >= 4 is 46.4 Å². The van der Waals surface area contributed by atoms with Gasteiger partial charge in [-0.2, -0.15) is 0 Å². The van der Waals surface area contributed by atoms with Crippen LogP contribution in [0.2, 0.25) is 0 Å². The number of nitrogens with zero attached hydrogens (tertiary/aromatic N) is 3. The quantitative estimate of drug-likeness (QED) is 0.0660. The Hall–Kier alpha value is -5.13. The third-order valence-corrected chi connectivity index (χ3v) is 8.16. The summed E-state index contributed by atoms with van der Waals surface area (Å²) in [6.07, 6.45) is 0. The van der Waals surface area contributed by atoms with E-state index in [1.54, 1.807) is 43.3 Å². The molecule has 1 heterocycles.